The number of ether oxygens (including phenoxy) is 1. The number of nitrogens with zero attached hydrogens (tertiary/aromatic N) is 3. The molecule has 0 atom stereocenters. The number of aromatic nitrogens is 3. The molecule has 0 spiro atoms. The van der Waals surface area contributed by atoms with E-state index in [-0.39, 0.29) is 5.56 Å². The van der Waals surface area contributed by atoms with Gasteiger partial charge in [0.25, 0.3) is 0 Å². The molecular formula is C21H15F2N3O3S. The van der Waals surface area contributed by atoms with Gasteiger partial charge in [0.1, 0.15) is 11.6 Å². The van der Waals surface area contributed by atoms with E-state index in [0.717, 1.165) is 23.1 Å². The highest BCUT2D eigenvalue weighted by Crippen LogP contribution is 2.28. The van der Waals surface area contributed by atoms with Crippen LogP contribution in [0.15, 0.2) is 48.0 Å². The van der Waals surface area contributed by atoms with Crippen molar-refractivity contribution in [3.63, 3.8) is 0 Å². The van der Waals surface area contributed by atoms with Crippen LogP contribution in [0.4, 0.5) is 8.78 Å². The quantitative estimate of drug-likeness (QED) is 0.335. The van der Waals surface area contributed by atoms with E-state index in [0.29, 0.717) is 23.3 Å². The summed E-state index contributed by atoms with van der Waals surface area (Å²) in [4.78, 5) is 30.4. The largest absolute Gasteiger partial charge is 0.454 e. The van der Waals surface area contributed by atoms with E-state index in [1.165, 1.54) is 17.5 Å². The van der Waals surface area contributed by atoms with E-state index in [2.05, 4.69) is 10.1 Å². The number of hydrogen-bond donors (Lipinski definition) is 0. The van der Waals surface area contributed by atoms with Gasteiger partial charge >= 0.3 is 5.97 Å². The molecule has 0 radical (unpaired) electrons. The number of pyridine rings is 1. The Morgan fingerprint density at radius 1 is 1.17 bits per heavy atom. The van der Waals surface area contributed by atoms with Gasteiger partial charge in [-0.25, -0.2) is 23.2 Å². The van der Waals surface area contributed by atoms with Crippen molar-refractivity contribution in [1.29, 1.82) is 0 Å². The zero-order valence-electron chi connectivity index (χ0n) is 15.8. The van der Waals surface area contributed by atoms with Crippen LogP contribution in [0.1, 0.15) is 27.6 Å². The molecule has 4 rings (SSSR count). The molecule has 0 aliphatic rings. The lowest BCUT2D eigenvalue weighted by Gasteiger charge is -2.08. The molecule has 0 fully saturated rings. The van der Waals surface area contributed by atoms with E-state index in [4.69, 9.17) is 4.74 Å². The lowest BCUT2D eigenvalue weighted by Crippen LogP contribution is -2.16. The minimum Gasteiger partial charge on any atom is -0.454 e. The molecule has 3 aromatic heterocycles. The number of ketones is 1. The summed E-state index contributed by atoms with van der Waals surface area (Å²) in [6, 6.07) is 7.85. The molecule has 0 bridgehead atoms. The van der Waals surface area contributed by atoms with Crippen molar-refractivity contribution in [3.8, 4) is 10.6 Å². The normalized spacial score (nSPS) is 11.0. The number of Topliss-reactive ketones (excluding diaryl/α,β-unsaturated/α-hetero) is 1. The Bertz CT molecular complexity index is 1250. The second-order valence-corrected chi connectivity index (χ2v) is 7.30. The average Bonchev–Trinajstić information content (AvgIpc) is 3.42. The van der Waals surface area contributed by atoms with Gasteiger partial charge in [-0.05, 0) is 42.6 Å². The van der Waals surface area contributed by atoms with Gasteiger partial charge in [-0.3, -0.25) is 4.79 Å². The maximum atomic E-state index is 13.8. The molecule has 152 valence electrons. The van der Waals surface area contributed by atoms with E-state index in [9.17, 15) is 18.4 Å². The third kappa shape index (κ3) is 3.71. The van der Waals surface area contributed by atoms with Crippen LogP contribution in [0.5, 0.6) is 0 Å². The van der Waals surface area contributed by atoms with Crippen LogP contribution in [-0.4, -0.2) is 33.1 Å². The van der Waals surface area contributed by atoms with Gasteiger partial charge in [-0.1, -0.05) is 6.07 Å². The molecule has 30 heavy (non-hydrogen) atoms. The molecule has 6 nitrogen and oxygen atoms in total. The Morgan fingerprint density at radius 3 is 2.73 bits per heavy atom. The number of rotatable bonds is 6. The lowest BCUT2D eigenvalue weighted by molar-refractivity contribution is 0.0475. The van der Waals surface area contributed by atoms with Gasteiger partial charge in [0.05, 0.1) is 33.3 Å². The fraction of sp³-hybridized carbons (Fsp3) is 0.143. The van der Waals surface area contributed by atoms with Crippen molar-refractivity contribution in [2.75, 3.05) is 6.61 Å². The standard InChI is InChI=1S/C21H15F2N3O3S/c1-2-26-20-15(10-24-26)13(9-17(25-20)19-4-3-7-30-19)21(28)29-11-18(27)14-8-12(22)5-6-16(14)23/h3-10H,2,11H2,1H3. The number of aryl methyl sites for hydroxylation is 1. The number of thiophene rings is 1. The minimum absolute atomic E-state index is 0.190. The van der Waals surface area contributed by atoms with Crippen LogP contribution in [0.25, 0.3) is 21.6 Å². The van der Waals surface area contributed by atoms with Crippen molar-refractivity contribution in [1.82, 2.24) is 14.8 Å². The summed E-state index contributed by atoms with van der Waals surface area (Å²) in [5.74, 6) is -3.25. The van der Waals surface area contributed by atoms with E-state index in [1.807, 2.05) is 24.4 Å². The van der Waals surface area contributed by atoms with Gasteiger partial charge in [0.2, 0.25) is 5.78 Å². The van der Waals surface area contributed by atoms with Crippen molar-refractivity contribution in [2.24, 2.45) is 0 Å². The van der Waals surface area contributed by atoms with Gasteiger partial charge < -0.3 is 4.74 Å². The number of benzene rings is 1. The molecular weight excluding hydrogens is 412 g/mol. The lowest BCUT2D eigenvalue weighted by atomic mass is 10.1. The second kappa shape index (κ2) is 8.11. The van der Waals surface area contributed by atoms with Crippen molar-refractivity contribution in [3.05, 3.63) is 70.7 Å². The summed E-state index contributed by atoms with van der Waals surface area (Å²) in [5, 5.41) is 6.60. The van der Waals surface area contributed by atoms with E-state index < -0.39 is 35.6 Å². The molecule has 3 heterocycles. The van der Waals surface area contributed by atoms with Gasteiger partial charge in [-0.2, -0.15) is 5.10 Å². The molecule has 0 aliphatic carbocycles. The smallest absolute Gasteiger partial charge is 0.339 e. The molecule has 0 aliphatic heterocycles. The Balaban J connectivity index is 1.65. The Morgan fingerprint density at radius 2 is 2.00 bits per heavy atom. The number of fused-ring (bicyclic) bond motifs is 1. The summed E-state index contributed by atoms with van der Waals surface area (Å²) in [6.07, 6.45) is 1.51. The fourth-order valence-corrected chi connectivity index (χ4v) is 3.68. The highest BCUT2D eigenvalue weighted by Gasteiger charge is 2.21. The third-order valence-electron chi connectivity index (χ3n) is 4.47. The van der Waals surface area contributed by atoms with E-state index in [1.54, 1.807) is 10.7 Å². The summed E-state index contributed by atoms with van der Waals surface area (Å²) in [5.41, 5.74) is 0.802. The fourth-order valence-electron chi connectivity index (χ4n) is 3.00. The topological polar surface area (TPSA) is 74.1 Å². The number of carbonyl (C=O) groups is 2. The van der Waals surface area contributed by atoms with E-state index >= 15 is 0 Å². The first kappa shape index (κ1) is 19.8. The summed E-state index contributed by atoms with van der Waals surface area (Å²) in [6.45, 7) is 1.73. The molecule has 0 unspecified atom stereocenters. The van der Waals surface area contributed by atoms with Crippen LogP contribution in [-0.2, 0) is 11.3 Å². The summed E-state index contributed by atoms with van der Waals surface area (Å²) < 4.78 is 33.9. The highest BCUT2D eigenvalue weighted by atomic mass is 32.1. The van der Waals surface area contributed by atoms with Crippen LogP contribution in [0, 0.1) is 11.6 Å². The molecule has 0 N–H and O–H groups in total. The van der Waals surface area contributed by atoms with Crippen LogP contribution in [0.2, 0.25) is 0 Å². The SMILES string of the molecule is CCn1ncc2c(C(=O)OCC(=O)c3cc(F)ccc3F)cc(-c3cccs3)nc21. The van der Waals surface area contributed by atoms with Gasteiger partial charge in [0.15, 0.2) is 12.3 Å². The monoisotopic (exact) mass is 427 g/mol. The number of halogens is 2. The predicted molar refractivity (Wildman–Crippen MR) is 107 cm³/mol. The predicted octanol–water partition coefficient (Wildman–Crippen LogP) is 4.50. The van der Waals surface area contributed by atoms with Crippen molar-refractivity contribution in [2.45, 2.75) is 13.5 Å². The van der Waals surface area contributed by atoms with Crippen molar-refractivity contribution >= 4 is 34.1 Å². The van der Waals surface area contributed by atoms with Crippen LogP contribution in [0.3, 0.4) is 0 Å². The first-order valence-electron chi connectivity index (χ1n) is 9.03. The summed E-state index contributed by atoms with van der Waals surface area (Å²) in [7, 11) is 0. The first-order valence-corrected chi connectivity index (χ1v) is 9.91. The van der Waals surface area contributed by atoms with Gasteiger partial charge in [-0.15, -0.1) is 11.3 Å². The second-order valence-electron chi connectivity index (χ2n) is 6.35. The Labute approximate surface area is 173 Å². The molecule has 0 saturated carbocycles. The van der Waals surface area contributed by atoms with Crippen LogP contribution < -0.4 is 0 Å². The zero-order chi connectivity index (χ0) is 21.3. The molecule has 1 aromatic carbocycles. The number of esters is 1. The highest BCUT2D eigenvalue weighted by molar-refractivity contribution is 7.13. The third-order valence-corrected chi connectivity index (χ3v) is 5.36. The first-order chi connectivity index (χ1) is 14.5. The zero-order valence-corrected chi connectivity index (χ0v) is 16.6. The Hall–Kier alpha value is -3.46. The molecule has 0 amide bonds. The van der Waals surface area contributed by atoms with Crippen molar-refractivity contribution < 1.29 is 23.1 Å². The molecule has 0 saturated heterocycles. The van der Waals surface area contributed by atoms with Gasteiger partial charge in [0, 0.05) is 6.54 Å². The Kier molecular flexibility index (Phi) is 5.37. The maximum absolute atomic E-state index is 13.8. The number of hydrogen-bond acceptors (Lipinski definition) is 6. The average molecular weight is 427 g/mol. The summed E-state index contributed by atoms with van der Waals surface area (Å²) >= 11 is 1.46. The molecule has 9 heteroatoms. The minimum atomic E-state index is -0.882. The number of carbonyl (C=O) groups excluding carboxylic acids is 2. The maximum Gasteiger partial charge on any atom is 0.339 e. The molecule has 4 aromatic rings. The van der Waals surface area contributed by atoms with Crippen LogP contribution >= 0.6 is 11.3 Å².